The first-order chi connectivity index (χ1) is 11.6. The van der Waals surface area contributed by atoms with E-state index in [-0.39, 0.29) is 12.3 Å². The summed E-state index contributed by atoms with van der Waals surface area (Å²) < 4.78 is 5.37. The van der Waals surface area contributed by atoms with E-state index < -0.39 is 5.97 Å². The fourth-order valence-corrected chi connectivity index (χ4v) is 2.75. The van der Waals surface area contributed by atoms with E-state index >= 15 is 0 Å². The third kappa shape index (κ3) is 5.01. The Morgan fingerprint density at radius 3 is 2.75 bits per heavy atom. The van der Waals surface area contributed by atoms with Crippen molar-refractivity contribution in [3.05, 3.63) is 30.0 Å². The third-order valence-electron chi connectivity index (χ3n) is 3.96. The summed E-state index contributed by atoms with van der Waals surface area (Å²) in [6.45, 7) is 0.616. The molecule has 1 amide bonds. The monoisotopic (exact) mass is 332 g/mol. The molecule has 130 valence electrons. The van der Waals surface area contributed by atoms with Crippen LogP contribution in [-0.4, -0.2) is 35.6 Å². The van der Waals surface area contributed by atoms with Gasteiger partial charge in [0, 0.05) is 30.1 Å². The Morgan fingerprint density at radius 1 is 1.21 bits per heavy atom. The molecule has 0 aliphatic rings. The molecule has 6 nitrogen and oxygen atoms in total. The maximum absolute atomic E-state index is 12.1. The highest BCUT2D eigenvalue weighted by atomic mass is 16.5. The average Bonchev–Trinajstić information content (AvgIpc) is 2.96. The lowest BCUT2D eigenvalue weighted by atomic mass is 10.1. The highest BCUT2D eigenvalue weighted by molar-refractivity contribution is 5.93. The van der Waals surface area contributed by atoms with Gasteiger partial charge in [0.15, 0.2) is 0 Å². The van der Waals surface area contributed by atoms with Crippen LogP contribution in [0.4, 0.5) is 0 Å². The van der Waals surface area contributed by atoms with Crippen LogP contribution in [0.3, 0.4) is 0 Å². The van der Waals surface area contributed by atoms with Gasteiger partial charge in [0.1, 0.15) is 5.75 Å². The smallest absolute Gasteiger partial charge is 0.303 e. The van der Waals surface area contributed by atoms with Gasteiger partial charge in [-0.05, 0) is 30.5 Å². The number of carbonyl (C=O) groups excluding carboxylic acids is 1. The van der Waals surface area contributed by atoms with Crippen molar-refractivity contribution < 1.29 is 19.4 Å². The number of aromatic nitrogens is 1. The molecule has 1 aromatic heterocycles. The second-order valence-electron chi connectivity index (χ2n) is 5.78. The van der Waals surface area contributed by atoms with E-state index in [0.717, 1.165) is 41.5 Å². The lowest BCUT2D eigenvalue weighted by molar-refractivity contribution is -0.137. The number of nitrogens with one attached hydrogen (secondary N) is 2. The zero-order valence-electron chi connectivity index (χ0n) is 13.9. The Hall–Kier alpha value is -2.50. The first kappa shape index (κ1) is 17.8. The Kier molecular flexibility index (Phi) is 6.66. The van der Waals surface area contributed by atoms with Crippen molar-refractivity contribution in [3.63, 3.8) is 0 Å². The van der Waals surface area contributed by atoms with Crippen LogP contribution in [0.2, 0.25) is 0 Å². The van der Waals surface area contributed by atoms with Crippen LogP contribution >= 0.6 is 0 Å². The molecule has 0 saturated carbocycles. The van der Waals surface area contributed by atoms with Crippen LogP contribution in [0.5, 0.6) is 5.75 Å². The maximum Gasteiger partial charge on any atom is 0.303 e. The van der Waals surface area contributed by atoms with E-state index in [1.165, 1.54) is 0 Å². The van der Waals surface area contributed by atoms with Gasteiger partial charge in [0.2, 0.25) is 5.91 Å². The number of carbonyl (C=O) groups is 2. The number of ether oxygens (including phenoxy) is 1. The number of aliphatic carboxylic acids is 1. The molecule has 0 fully saturated rings. The van der Waals surface area contributed by atoms with Crippen LogP contribution in [0, 0.1) is 0 Å². The van der Waals surface area contributed by atoms with Crippen molar-refractivity contribution in [2.45, 2.75) is 38.5 Å². The standard InChI is InChI=1S/C18H24N2O4/c1-24-15-8-6-7-14-18(15)13(12-20-14)11-16(21)19-10-5-3-2-4-9-17(22)23/h6-8,12,20H,2-5,9-11H2,1H3,(H,19,21)(H,22,23). The number of hydrogen-bond acceptors (Lipinski definition) is 3. The Morgan fingerprint density at radius 2 is 2.00 bits per heavy atom. The van der Waals surface area contributed by atoms with Gasteiger partial charge in [-0.1, -0.05) is 18.9 Å². The number of methoxy groups -OCH3 is 1. The molecule has 0 saturated heterocycles. The fraction of sp³-hybridized carbons (Fsp3) is 0.444. The van der Waals surface area contributed by atoms with E-state index in [1.807, 2.05) is 24.4 Å². The first-order valence-corrected chi connectivity index (χ1v) is 8.23. The number of amides is 1. The van der Waals surface area contributed by atoms with Crippen LogP contribution in [-0.2, 0) is 16.0 Å². The van der Waals surface area contributed by atoms with Crippen molar-refractivity contribution in [2.75, 3.05) is 13.7 Å². The molecule has 24 heavy (non-hydrogen) atoms. The molecule has 2 rings (SSSR count). The number of rotatable bonds is 10. The lowest BCUT2D eigenvalue weighted by Gasteiger charge is -2.06. The zero-order valence-corrected chi connectivity index (χ0v) is 13.9. The van der Waals surface area contributed by atoms with Crippen molar-refractivity contribution >= 4 is 22.8 Å². The minimum atomic E-state index is -0.752. The van der Waals surface area contributed by atoms with Gasteiger partial charge in [-0.15, -0.1) is 0 Å². The van der Waals surface area contributed by atoms with Gasteiger partial charge >= 0.3 is 5.97 Å². The minimum Gasteiger partial charge on any atom is -0.496 e. The highest BCUT2D eigenvalue weighted by Gasteiger charge is 2.12. The van der Waals surface area contributed by atoms with Gasteiger partial charge in [0.25, 0.3) is 0 Å². The van der Waals surface area contributed by atoms with Gasteiger partial charge in [-0.25, -0.2) is 0 Å². The summed E-state index contributed by atoms with van der Waals surface area (Å²) in [4.78, 5) is 25.6. The van der Waals surface area contributed by atoms with Crippen LogP contribution in [0.15, 0.2) is 24.4 Å². The highest BCUT2D eigenvalue weighted by Crippen LogP contribution is 2.28. The molecule has 0 aliphatic carbocycles. The Labute approximate surface area is 141 Å². The number of unbranched alkanes of at least 4 members (excludes halogenated alkanes) is 3. The van der Waals surface area contributed by atoms with Crippen molar-refractivity contribution in [2.24, 2.45) is 0 Å². The first-order valence-electron chi connectivity index (χ1n) is 8.23. The lowest BCUT2D eigenvalue weighted by Crippen LogP contribution is -2.26. The summed E-state index contributed by atoms with van der Waals surface area (Å²) in [5.74, 6) is -0.0141. The molecule has 0 spiro atoms. The molecular weight excluding hydrogens is 308 g/mol. The van der Waals surface area contributed by atoms with Gasteiger partial charge in [-0.3, -0.25) is 9.59 Å². The molecule has 0 atom stereocenters. The topological polar surface area (TPSA) is 91.4 Å². The molecular formula is C18H24N2O4. The molecule has 1 aromatic carbocycles. The molecule has 0 aliphatic heterocycles. The van der Waals surface area contributed by atoms with Crippen molar-refractivity contribution in [1.82, 2.24) is 10.3 Å². The normalized spacial score (nSPS) is 10.7. The summed E-state index contributed by atoms with van der Waals surface area (Å²) in [6.07, 6.45) is 5.73. The molecule has 0 bridgehead atoms. The van der Waals surface area contributed by atoms with E-state index in [9.17, 15) is 9.59 Å². The van der Waals surface area contributed by atoms with Gasteiger partial charge in [-0.2, -0.15) is 0 Å². The van der Waals surface area contributed by atoms with Crippen molar-refractivity contribution in [3.8, 4) is 5.75 Å². The Bertz CT molecular complexity index is 693. The third-order valence-corrected chi connectivity index (χ3v) is 3.96. The summed E-state index contributed by atoms with van der Waals surface area (Å²) in [5.41, 5.74) is 1.87. The molecule has 1 heterocycles. The number of benzene rings is 1. The number of H-pyrrole nitrogens is 1. The molecule has 3 N–H and O–H groups in total. The minimum absolute atomic E-state index is 0.0210. The van der Waals surface area contributed by atoms with Gasteiger partial charge in [0.05, 0.1) is 13.5 Å². The van der Waals surface area contributed by atoms with Crippen LogP contribution in [0.1, 0.15) is 37.7 Å². The zero-order chi connectivity index (χ0) is 17.4. The number of carboxylic acid groups (broad SMARTS) is 1. The number of aromatic amines is 1. The maximum atomic E-state index is 12.1. The fourth-order valence-electron chi connectivity index (χ4n) is 2.75. The Balaban J connectivity index is 1.76. The largest absolute Gasteiger partial charge is 0.496 e. The number of fused-ring (bicyclic) bond motifs is 1. The molecule has 0 radical (unpaired) electrons. The van der Waals surface area contributed by atoms with Gasteiger partial charge < -0.3 is 20.1 Å². The summed E-state index contributed by atoms with van der Waals surface area (Å²) in [7, 11) is 1.62. The summed E-state index contributed by atoms with van der Waals surface area (Å²) >= 11 is 0. The van der Waals surface area contributed by atoms with E-state index in [1.54, 1.807) is 7.11 Å². The summed E-state index contributed by atoms with van der Waals surface area (Å²) in [5, 5.41) is 12.4. The predicted octanol–water partition coefficient (Wildman–Crippen LogP) is 2.87. The molecule has 6 heteroatoms. The molecule has 0 unspecified atom stereocenters. The van der Waals surface area contributed by atoms with Crippen LogP contribution < -0.4 is 10.1 Å². The quantitative estimate of drug-likeness (QED) is 0.583. The number of carboxylic acids is 1. The second kappa shape index (κ2) is 8.96. The summed E-state index contributed by atoms with van der Waals surface area (Å²) in [6, 6.07) is 5.75. The van der Waals surface area contributed by atoms with Crippen molar-refractivity contribution in [1.29, 1.82) is 0 Å². The average molecular weight is 332 g/mol. The van der Waals surface area contributed by atoms with E-state index in [0.29, 0.717) is 19.4 Å². The number of hydrogen-bond donors (Lipinski definition) is 3. The second-order valence-corrected chi connectivity index (χ2v) is 5.78. The molecule has 2 aromatic rings. The van der Waals surface area contributed by atoms with E-state index in [4.69, 9.17) is 9.84 Å². The van der Waals surface area contributed by atoms with E-state index in [2.05, 4.69) is 10.3 Å². The SMILES string of the molecule is COc1cccc2[nH]cc(CC(=O)NCCCCCCC(=O)O)c12. The predicted molar refractivity (Wildman–Crippen MR) is 92.3 cm³/mol. The van der Waals surface area contributed by atoms with Crippen LogP contribution in [0.25, 0.3) is 10.9 Å².